The van der Waals surface area contributed by atoms with E-state index in [-0.39, 0.29) is 11.6 Å². The second kappa shape index (κ2) is 6.15. The van der Waals surface area contributed by atoms with Crippen LogP contribution in [-0.4, -0.2) is 28.1 Å². The van der Waals surface area contributed by atoms with Crippen molar-refractivity contribution in [2.24, 2.45) is 5.73 Å². The SMILES string of the molecule is Cc1ccc(-n2nc(C(N)=O)c3c2C(=O)N(c2ccccc2)CC3)cc1. The van der Waals surface area contributed by atoms with E-state index in [4.69, 9.17) is 5.73 Å². The molecule has 1 aromatic heterocycles. The summed E-state index contributed by atoms with van der Waals surface area (Å²) in [5.41, 5.74) is 9.34. The summed E-state index contributed by atoms with van der Waals surface area (Å²) in [6.45, 7) is 2.47. The number of nitrogens with zero attached hydrogens (tertiary/aromatic N) is 3. The number of para-hydroxylation sites is 1. The average molecular weight is 346 g/mol. The van der Waals surface area contributed by atoms with Crippen molar-refractivity contribution < 1.29 is 9.59 Å². The Labute approximate surface area is 150 Å². The van der Waals surface area contributed by atoms with Crippen LogP contribution >= 0.6 is 0 Å². The van der Waals surface area contributed by atoms with Crippen LogP contribution in [0.15, 0.2) is 54.6 Å². The maximum absolute atomic E-state index is 13.2. The van der Waals surface area contributed by atoms with Gasteiger partial charge in [-0.25, -0.2) is 4.68 Å². The number of nitrogens with two attached hydrogens (primary N) is 1. The zero-order chi connectivity index (χ0) is 18.3. The molecular formula is C20H18N4O2. The van der Waals surface area contributed by atoms with Crippen LogP contribution in [0.5, 0.6) is 0 Å². The standard InChI is InChI=1S/C20H18N4O2/c1-13-7-9-15(10-8-13)24-18-16(17(22-24)19(21)25)11-12-23(20(18)26)14-5-3-2-4-6-14/h2-10H,11-12H2,1H3,(H2,21,25). The van der Waals surface area contributed by atoms with E-state index in [1.807, 2.05) is 61.5 Å². The molecule has 1 aliphatic heterocycles. The number of primary amides is 1. The van der Waals surface area contributed by atoms with Gasteiger partial charge in [-0.15, -0.1) is 0 Å². The smallest absolute Gasteiger partial charge is 0.277 e. The highest BCUT2D eigenvalue weighted by Gasteiger charge is 2.34. The molecular weight excluding hydrogens is 328 g/mol. The first-order valence-corrected chi connectivity index (χ1v) is 8.42. The molecule has 2 heterocycles. The molecule has 0 bridgehead atoms. The summed E-state index contributed by atoms with van der Waals surface area (Å²) in [4.78, 5) is 26.8. The van der Waals surface area contributed by atoms with Crippen molar-refractivity contribution in [3.05, 3.63) is 77.1 Å². The summed E-state index contributed by atoms with van der Waals surface area (Å²) in [5, 5.41) is 4.36. The highest BCUT2D eigenvalue weighted by molar-refractivity contribution is 6.09. The van der Waals surface area contributed by atoms with E-state index in [9.17, 15) is 9.59 Å². The number of carbonyl (C=O) groups excluding carboxylic acids is 2. The lowest BCUT2D eigenvalue weighted by molar-refractivity contribution is 0.0972. The first-order chi connectivity index (χ1) is 12.6. The number of hydrogen-bond donors (Lipinski definition) is 1. The van der Waals surface area contributed by atoms with Gasteiger partial charge in [0.25, 0.3) is 11.8 Å². The molecule has 2 aromatic carbocycles. The van der Waals surface area contributed by atoms with Crippen molar-refractivity contribution in [3.8, 4) is 5.69 Å². The minimum atomic E-state index is -0.618. The highest BCUT2D eigenvalue weighted by atomic mass is 16.2. The van der Waals surface area contributed by atoms with Gasteiger partial charge in [-0.05, 0) is 37.6 Å². The van der Waals surface area contributed by atoms with Crippen LogP contribution in [-0.2, 0) is 6.42 Å². The molecule has 1 aliphatic rings. The van der Waals surface area contributed by atoms with Gasteiger partial charge in [0, 0.05) is 17.8 Å². The average Bonchev–Trinajstić information content (AvgIpc) is 3.04. The van der Waals surface area contributed by atoms with Gasteiger partial charge in [-0.3, -0.25) is 9.59 Å². The zero-order valence-corrected chi connectivity index (χ0v) is 14.3. The number of rotatable bonds is 3. The molecule has 0 fully saturated rings. The van der Waals surface area contributed by atoms with Gasteiger partial charge in [0.1, 0.15) is 5.69 Å². The van der Waals surface area contributed by atoms with Crippen molar-refractivity contribution in [1.29, 1.82) is 0 Å². The third-order valence-corrected chi connectivity index (χ3v) is 4.60. The van der Waals surface area contributed by atoms with Crippen LogP contribution in [0.4, 0.5) is 5.69 Å². The number of aryl methyl sites for hydroxylation is 1. The van der Waals surface area contributed by atoms with Gasteiger partial charge in [0.05, 0.1) is 5.69 Å². The topological polar surface area (TPSA) is 81.2 Å². The number of carbonyl (C=O) groups is 2. The maximum atomic E-state index is 13.2. The molecule has 0 atom stereocenters. The summed E-state index contributed by atoms with van der Waals surface area (Å²) in [7, 11) is 0. The fourth-order valence-electron chi connectivity index (χ4n) is 3.28. The molecule has 0 saturated heterocycles. The van der Waals surface area contributed by atoms with Crippen LogP contribution in [0, 0.1) is 6.92 Å². The first kappa shape index (κ1) is 16.1. The predicted octanol–water partition coefficient (Wildman–Crippen LogP) is 2.48. The molecule has 0 spiro atoms. The minimum Gasteiger partial charge on any atom is -0.364 e. The zero-order valence-electron chi connectivity index (χ0n) is 14.3. The number of benzene rings is 2. The summed E-state index contributed by atoms with van der Waals surface area (Å²) in [5.74, 6) is -0.800. The molecule has 0 unspecified atom stereocenters. The Hall–Kier alpha value is -3.41. The molecule has 26 heavy (non-hydrogen) atoms. The first-order valence-electron chi connectivity index (χ1n) is 8.42. The van der Waals surface area contributed by atoms with E-state index in [0.717, 1.165) is 16.9 Å². The third-order valence-electron chi connectivity index (χ3n) is 4.60. The second-order valence-electron chi connectivity index (χ2n) is 6.33. The maximum Gasteiger partial charge on any atom is 0.277 e. The van der Waals surface area contributed by atoms with Gasteiger partial charge < -0.3 is 10.6 Å². The van der Waals surface area contributed by atoms with E-state index in [0.29, 0.717) is 24.2 Å². The second-order valence-corrected chi connectivity index (χ2v) is 6.33. The van der Waals surface area contributed by atoms with Crippen LogP contribution < -0.4 is 10.6 Å². The lowest BCUT2D eigenvalue weighted by atomic mass is 10.0. The van der Waals surface area contributed by atoms with Gasteiger partial charge in [0.2, 0.25) is 0 Å². The molecule has 6 nitrogen and oxygen atoms in total. The molecule has 2 amide bonds. The normalized spacial score (nSPS) is 13.6. The third kappa shape index (κ3) is 2.56. The molecule has 2 N–H and O–H groups in total. The van der Waals surface area contributed by atoms with Crippen molar-refractivity contribution in [2.45, 2.75) is 13.3 Å². The van der Waals surface area contributed by atoms with E-state index >= 15 is 0 Å². The van der Waals surface area contributed by atoms with Gasteiger partial charge >= 0.3 is 0 Å². The molecule has 0 aliphatic carbocycles. The molecule has 4 rings (SSSR count). The van der Waals surface area contributed by atoms with Gasteiger partial charge in [-0.1, -0.05) is 35.9 Å². The number of hydrogen-bond acceptors (Lipinski definition) is 3. The van der Waals surface area contributed by atoms with Gasteiger partial charge in [0.15, 0.2) is 5.69 Å². The molecule has 6 heteroatoms. The Bertz CT molecular complexity index is 991. The van der Waals surface area contributed by atoms with Crippen molar-refractivity contribution in [1.82, 2.24) is 9.78 Å². The minimum absolute atomic E-state index is 0.168. The molecule has 0 saturated carbocycles. The Morgan fingerprint density at radius 1 is 1.04 bits per heavy atom. The number of aromatic nitrogens is 2. The Kier molecular flexibility index (Phi) is 3.80. The summed E-state index contributed by atoms with van der Waals surface area (Å²) >= 11 is 0. The van der Waals surface area contributed by atoms with Crippen LogP contribution in [0.2, 0.25) is 0 Å². The van der Waals surface area contributed by atoms with E-state index in [1.54, 1.807) is 4.90 Å². The van der Waals surface area contributed by atoms with Crippen molar-refractivity contribution in [3.63, 3.8) is 0 Å². The lowest BCUT2D eigenvalue weighted by Crippen LogP contribution is -2.39. The molecule has 0 radical (unpaired) electrons. The van der Waals surface area contributed by atoms with Crippen LogP contribution in [0.3, 0.4) is 0 Å². The van der Waals surface area contributed by atoms with E-state index in [2.05, 4.69) is 5.10 Å². The fraction of sp³-hybridized carbons (Fsp3) is 0.150. The predicted molar refractivity (Wildman–Crippen MR) is 98.6 cm³/mol. The number of anilines is 1. The van der Waals surface area contributed by atoms with Crippen LogP contribution in [0.1, 0.15) is 32.1 Å². The fourth-order valence-corrected chi connectivity index (χ4v) is 3.28. The van der Waals surface area contributed by atoms with E-state index < -0.39 is 5.91 Å². The number of amides is 2. The Morgan fingerprint density at radius 2 is 1.73 bits per heavy atom. The Morgan fingerprint density at radius 3 is 2.38 bits per heavy atom. The summed E-state index contributed by atoms with van der Waals surface area (Å²) in [6, 6.07) is 17.1. The summed E-state index contributed by atoms with van der Waals surface area (Å²) in [6.07, 6.45) is 0.528. The van der Waals surface area contributed by atoms with Crippen LogP contribution in [0.25, 0.3) is 5.69 Å². The van der Waals surface area contributed by atoms with Crippen molar-refractivity contribution in [2.75, 3.05) is 11.4 Å². The quantitative estimate of drug-likeness (QED) is 0.791. The Balaban J connectivity index is 1.87. The van der Waals surface area contributed by atoms with Gasteiger partial charge in [-0.2, -0.15) is 5.10 Å². The van der Waals surface area contributed by atoms with Crippen molar-refractivity contribution >= 4 is 17.5 Å². The van der Waals surface area contributed by atoms with E-state index in [1.165, 1.54) is 4.68 Å². The molecule has 130 valence electrons. The summed E-state index contributed by atoms with van der Waals surface area (Å²) < 4.78 is 1.53. The molecule has 3 aromatic rings. The largest absolute Gasteiger partial charge is 0.364 e. The lowest BCUT2D eigenvalue weighted by Gasteiger charge is -2.27. The monoisotopic (exact) mass is 346 g/mol. The number of fused-ring (bicyclic) bond motifs is 1. The highest BCUT2D eigenvalue weighted by Crippen LogP contribution is 2.28.